The second kappa shape index (κ2) is 8.05. The zero-order valence-corrected chi connectivity index (χ0v) is 15.6. The molecule has 1 heterocycles. The first-order valence-electron chi connectivity index (χ1n) is 8.03. The number of hydrogen-bond donors (Lipinski definition) is 1. The molecule has 0 aliphatic rings. The highest BCUT2D eigenvalue weighted by Crippen LogP contribution is 2.26. The van der Waals surface area contributed by atoms with Crippen LogP contribution in [0.1, 0.15) is 11.1 Å². The van der Waals surface area contributed by atoms with E-state index in [1.165, 1.54) is 11.8 Å². The summed E-state index contributed by atoms with van der Waals surface area (Å²) in [6.07, 6.45) is 0. The van der Waals surface area contributed by atoms with Crippen molar-refractivity contribution < 1.29 is 13.9 Å². The summed E-state index contributed by atoms with van der Waals surface area (Å²) in [5, 5.41) is 11.3. The summed E-state index contributed by atoms with van der Waals surface area (Å²) in [4.78, 5) is 12.2. The molecule has 0 radical (unpaired) electrons. The zero-order chi connectivity index (χ0) is 18.5. The highest BCUT2D eigenvalue weighted by Gasteiger charge is 2.12. The van der Waals surface area contributed by atoms with Gasteiger partial charge in [-0.15, -0.1) is 10.2 Å². The van der Waals surface area contributed by atoms with E-state index in [1.807, 2.05) is 56.3 Å². The Morgan fingerprint density at radius 2 is 2.00 bits per heavy atom. The van der Waals surface area contributed by atoms with E-state index in [0.29, 0.717) is 16.9 Å². The molecule has 0 saturated heterocycles. The van der Waals surface area contributed by atoms with E-state index in [-0.39, 0.29) is 11.7 Å². The smallest absolute Gasteiger partial charge is 0.277 e. The number of nitrogens with one attached hydrogen (secondary N) is 1. The maximum absolute atomic E-state index is 12.2. The molecule has 0 aliphatic carbocycles. The molecule has 134 valence electrons. The van der Waals surface area contributed by atoms with E-state index < -0.39 is 0 Å². The van der Waals surface area contributed by atoms with Gasteiger partial charge in [-0.25, -0.2) is 0 Å². The van der Waals surface area contributed by atoms with Crippen LogP contribution in [0, 0.1) is 13.8 Å². The maximum atomic E-state index is 12.2. The van der Waals surface area contributed by atoms with Crippen LogP contribution >= 0.6 is 11.8 Å². The second-order valence-corrected chi connectivity index (χ2v) is 6.62. The van der Waals surface area contributed by atoms with Crippen LogP contribution in [0.2, 0.25) is 0 Å². The van der Waals surface area contributed by atoms with Gasteiger partial charge in [-0.3, -0.25) is 4.79 Å². The van der Waals surface area contributed by atoms with Crippen LogP contribution in [0.5, 0.6) is 5.75 Å². The van der Waals surface area contributed by atoms with Crippen molar-refractivity contribution in [3.8, 4) is 17.2 Å². The molecule has 1 amide bonds. The number of aryl methyl sites for hydroxylation is 1. The number of carbonyl (C=O) groups excluding carboxylic acids is 1. The summed E-state index contributed by atoms with van der Waals surface area (Å²) < 4.78 is 10.8. The molecule has 26 heavy (non-hydrogen) atoms. The molecular formula is C19H19N3O3S. The van der Waals surface area contributed by atoms with E-state index in [9.17, 15) is 4.79 Å². The molecule has 2 aromatic carbocycles. The van der Waals surface area contributed by atoms with Gasteiger partial charge in [0, 0.05) is 11.3 Å². The number of carbonyl (C=O) groups is 1. The molecule has 1 aromatic heterocycles. The third kappa shape index (κ3) is 4.23. The van der Waals surface area contributed by atoms with Crippen molar-refractivity contribution in [2.45, 2.75) is 19.1 Å². The minimum absolute atomic E-state index is 0.121. The van der Waals surface area contributed by atoms with Gasteiger partial charge in [0.25, 0.3) is 5.22 Å². The number of aromatic nitrogens is 2. The first-order chi connectivity index (χ1) is 12.6. The highest BCUT2D eigenvalue weighted by molar-refractivity contribution is 7.99. The number of rotatable bonds is 6. The average molecular weight is 369 g/mol. The first kappa shape index (κ1) is 18.0. The Hall–Kier alpha value is -2.80. The van der Waals surface area contributed by atoms with Crippen molar-refractivity contribution in [2.24, 2.45) is 0 Å². The Kier molecular flexibility index (Phi) is 5.58. The van der Waals surface area contributed by atoms with Crippen LogP contribution < -0.4 is 10.1 Å². The fraction of sp³-hybridized carbons (Fsp3) is 0.211. The Morgan fingerprint density at radius 3 is 2.81 bits per heavy atom. The standard InChI is InChI=1S/C19H19N3O3S/c1-12-6-4-9-16(13(12)2)20-17(23)11-26-19-22-21-18(25-19)14-7-5-8-15(10-14)24-3/h4-10H,11H2,1-3H3,(H,20,23). The van der Waals surface area contributed by atoms with E-state index in [1.54, 1.807) is 7.11 Å². The van der Waals surface area contributed by atoms with E-state index >= 15 is 0 Å². The average Bonchev–Trinajstić information content (AvgIpc) is 3.13. The van der Waals surface area contributed by atoms with Crippen LogP contribution in [-0.2, 0) is 4.79 Å². The Labute approximate surface area is 156 Å². The Balaban J connectivity index is 1.61. The number of thioether (sulfide) groups is 1. The molecule has 0 bridgehead atoms. The number of hydrogen-bond acceptors (Lipinski definition) is 6. The van der Waals surface area contributed by atoms with Crippen molar-refractivity contribution >= 4 is 23.4 Å². The van der Waals surface area contributed by atoms with Gasteiger partial charge in [0.2, 0.25) is 11.8 Å². The van der Waals surface area contributed by atoms with Crippen molar-refractivity contribution in [1.29, 1.82) is 0 Å². The number of nitrogens with zero attached hydrogens (tertiary/aromatic N) is 2. The van der Waals surface area contributed by atoms with E-state index in [4.69, 9.17) is 9.15 Å². The van der Waals surface area contributed by atoms with Crippen molar-refractivity contribution in [3.63, 3.8) is 0 Å². The zero-order valence-electron chi connectivity index (χ0n) is 14.8. The van der Waals surface area contributed by atoms with Gasteiger partial charge < -0.3 is 14.5 Å². The van der Waals surface area contributed by atoms with Gasteiger partial charge in [0.1, 0.15) is 5.75 Å². The third-order valence-corrected chi connectivity index (χ3v) is 4.75. The summed E-state index contributed by atoms with van der Waals surface area (Å²) in [5.74, 6) is 1.17. The molecular weight excluding hydrogens is 350 g/mol. The van der Waals surface area contributed by atoms with Gasteiger partial charge in [-0.2, -0.15) is 0 Å². The lowest BCUT2D eigenvalue weighted by Crippen LogP contribution is -2.15. The topological polar surface area (TPSA) is 77.2 Å². The normalized spacial score (nSPS) is 10.6. The number of amides is 1. The van der Waals surface area contributed by atoms with Gasteiger partial charge >= 0.3 is 0 Å². The quantitative estimate of drug-likeness (QED) is 0.660. The molecule has 1 N–H and O–H groups in total. The van der Waals surface area contributed by atoms with Crippen molar-refractivity contribution in [3.05, 3.63) is 53.6 Å². The predicted molar refractivity (Wildman–Crippen MR) is 102 cm³/mol. The first-order valence-corrected chi connectivity index (χ1v) is 9.02. The van der Waals surface area contributed by atoms with Gasteiger partial charge in [-0.05, 0) is 49.2 Å². The molecule has 0 unspecified atom stereocenters. The largest absolute Gasteiger partial charge is 0.497 e. The SMILES string of the molecule is COc1cccc(-c2nnc(SCC(=O)Nc3cccc(C)c3C)o2)c1. The molecule has 3 aromatic rings. The summed E-state index contributed by atoms with van der Waals surface area (Å²) in [6.45, 7) is 3.99. The third-order valence-electron chi connectivity index (χ3n) is 3.93. The summed E-state index contributed by atoms with van der Waals surface area (Å²) in [5.41, 5.74) is 3.78. The van der Waals surface area contributed by atoms with Gasteiger partial charge in [0.15, 0.2) is 0 Å². The fourth-order valence-corrected chi connectivity index (χ4v) is 2.90. The molecule has 6 nitrogen and oxygen atoms in total. The lowest BCUT2D eigenvalue weighted by molar-refractivity contribution is -0.113. The predicted octanol–water partition coefficient (Wildman–Crippen LogP) is 4.09. The molecule has 0 fully saturated rings. The monoisotopic (exact) mass is 369 g/mol. The fourth-order valence-electron chi connectivity index (χ4n) is 2.34. The Morgan fingerprint density at radius 1 is 1.19 bits per heavy atom. The number of ether oxygens (including phenoxy) is 1. The molecule has 0 spiro atoms. The second-order valence-electron chi connectivity index (χ2n) is 5.69. The van der Waals surface area contributed by atoms with Crippen molar-refractivity contribution in [2.75, 3.05) is 18.2 Å². The van der Waals surface area contributed by atoms with Crippen molar-refractivity contribution in [1.82, 2.24) is 10.2 Å². The van der Waals surface area contributed by atoms with Gasteiger partial charge in [-0.1, -0.05) is 30.0 Å². The summed E-state index contributed by atoms with van der Waals surface area (Å²) >= 11 is 1.20. The van der Waals surface area contributed by atoms with Crippen LogP contribution in [0.25, 0.3) is 11.5 Å². The lowest BCUT2D eigenvalue weighted by Gasteiger charge is -2.09. The number of benzene rings is 2. The van der Waals surface area contributed by atoms with E-state index in [0.717, 1.165) is 22.4 Å². The lowest BCUT2D eigenvalue weighted by atomic mass is 10.1. The van der Waals surface area contributed by atoms with Crippen LogP contribution in [-0.4, -0.2) is 29.0 Å². The van der Waals surface area contributed by atoms with E-state index in [2.05, 4.69) is 15.5 Å². The molecule has 0 atom stereocenters. The molecule has 0 aliphatic heterocycles. The maximum Gasteiger partial charge on any atom is 0.277 e. The summed E-state index contributed by atoms with van der Waals surface area (Å²) in [7, 11) is 1.60. The van der Waals surface area contributed by atoms with Crippen LogP contribution in [0.3, 0.4) is 0 Å². The molecule has 3 rings (SSSR count). The Bertz CT molecular complexity index is 924. The molecule has 7 heteroatoms. The minimum atomic E-state index is -0.121. The van der Waals surface area contributed by atoms with Crippen LogP contribution in [0.15, 0.2) is 52.1 Å². The minimum Gasteiger partial charge on any atom is -0.497 e. The van der Waals surface area contributed by atoms with Crippen LogP contribution in [0.4, 0.5) is 5.69 Å². The number of anilines is 1. The summed E-state index contributed by atoms with van der Waals surface area (Å²) in [6, 6.07) is 13.2. The molecule has 0 saturated carbocycles. The van der Waals surface area contributed by atoms with Gasteiger partial charge in [0.05, 0.1) is 12.9 Å². The number of methoxy groups -OCH3 is 1. The highest BCUT2D eigenvalue weighted by atomic mass is 32.2.